The van der Waals surface area contributed by atoms with Gasteiger partial charge in [-0.15, -0.1) is 0 Å². The van der Waals surface area contributed by atoms with E-state index in [-0.39, 0.29) is 11.5 Å². The molecule has 0 saturated carbocycles. The molecule has 0 atom stereocenters. The molecule has 0 aromatic heterocycles. The topological polar surface area (TPSA) is 62.7 Å². The molecule has 0 unspecified atom stereocenters. The molecule has 0 aliphatic carbocycles. The molecular formula is C44H72F2N4O3. The lowest BCUT2D eigenvalue weighted by atomic mass is 10.0. The number of rotatable bonds is 26. The highest BCUT2D eigenvalue weighted by Crippen LogP contribution is 2.23. The minimum absolute atomic E-state index is 0.263. The van der Waals surface area contributed by atoms with Crippen molar-refractivity contribution in [1.82, 2.24) is 19.6 Å². The molecule has 2 aliphatic rings. The van der Waals surface area contributed by atoms with E-state index in [2.05, 4.69) is 19.6 Å². The molecule has 2 heterocycles. The van der Waals surface area contributed by atoms with Gasteiger partial charge >= 0.3 is 0 Å². The van der Waals surface area contributed by atoms with Crippen LogP contribution in [0.3, 0.4) is 0 Å². The number of halogens is 2. The van der Waals surface area contributed by atoms with Crippen LogP contribution in [0, 0.1) is 11.6 Å². The number of phenolic OH excluding ortho intramolecular Hbond substituents is 2. The van der Waals surface area contributed by atoms with Crippen molar-refractivity contribution >= 4 is 0 Å². The van der Waals surface area contributed by atoms with Gasteiger partial charge in [0.15, 0.2) is 23.1 Å². The fourth-order valence-electron chi connectivity index (χ4n) is 8.13. The van der Waals surface area contributed by atoms with Gasteiger partial charge in [0.1, 0.15) is 0 Å². The predicted octanol–water partition coefficient (Wildman–Crippen LogP) is 9.35. The van der Waals surface area contributed by atoms with Crippen molar-refractivity contribution < 1.29 is 23.7 Å². The first kappa shape index (κ1) is 43.4. The monoisotopic (exact) mass is 743 g/mol. The number of ether oxygens (including phenoxy) is 1. The van der Waals surface area contributed by atoms with E-state index in [0.29, 0.717) is 36.4 Å². The molecule has 2 aromatic rings. The van der Waals surface area contributed by atoms with Gasteiger partial charge in [-0.1, -0.05) is 88.5 Å². The number of unbranched alkanes of at least 4 members (excludes halogenated alkanes) is 12. The Bertz CT molecular complexity index is 1170. The number of likely N-dealkylation sites (tertiary alicyclic amines) is 2. The Balaban J connectivity index is 0.889. The molecule has 0 spiro atoms. The maximum atomic E-state index is 14.0. The highest BCUT2D eigenvalue weighted by atomic mass is 19.1. The van der Waals surface area contributed by atoms with Crippen LogP contribution in [0.1, 0.15) is 127 Å². The Morgan fingerprint density at radius 3 is 1.26 bits per heavy atom. The molecule has 0 bridgehead atoms. The van der Waals surface area contributed by atoms with Crippen molar-refractivity contribution in [2.24, 2.45) is 0 Å². The molecular weight excluding hydrogens is 671 g/mol. The molecule has 9 heteroatoms. The normalized spacial score (nSPS) is 16.7. The summed E-state index contributed by atoms with van der Waals surface area (Å²) < 4.78 is 34.6. The van der Waals surface area contributed by atoms with Crippen LogP contribution in [-0.4, -0.2) is 108 Å². The lowest BCUT2D eigenvalue weighted by molar-refractivity contribution is -0.0650. The first-order valence-electron chi connectivity index (χ1n) is 21.2. The zero-order chi connectivity index (χ0) is 37.7. The van der Waals surface area contributed by atoms with Gasteiger partial charge in [0.2, 0.25) is 0 Å². The van der Waals surface area contributed by atoms with Crippen LogP contribution in [-0.2, 0) is 17.8 Å². The van der Waals surface area contributed by atoms with E-state index >= 15 is 0 Å². The van der Waals surface area contributed by atoms with Gasteiger partial charge in [0.05, 0.1) is 12.2 Å². The standard InChI is InChI=1S/C44H72F2N4O3/c1-47(35-37-19-17-21-41(51)43(37)45)27-13-9-5-3-7-11-15-29-49-31-23-39(24-32-49)53-40-25-33-50(34-26-40)30-16-12-8-4-6-10-14-28-48(2)36-38-20-18-22-42(52)44(38)46/h17-22,39-40,51-52H,3-16,23-36H2,1-2H3. The molecule has 2 saturated heterocycles. The molecule has 0 amide bonds. The zero-order valence-electron chi connectivity index (χ0n) is 33.3. The summed E-state index contributed by atoms with van der Waals surface area (Å²) in [5.74, 6) is -1.51. The Morgan fingerprint density at radius 2 is 0.887 bits per heavy atom. The summed E-state index contributed by atoms with van der Waals surface area (Å²) in [6, 6.07) is 9.70. The Morgan fingerprint density at radius 1 is 0.547 bits per heavy atom. The number of hydrogen-bond donors (Lipinski definition) is 2. The smallest absolute Gasteiger partial charge is 0.169 e. The summed E-state index contributed by atoms with van der Waals surface area (Å²) in [5.41, 5.74) is 1.12. The maximum absolute atomic E-state index is 14.0. The van der Waals surface area contributed by atoms with Crippen LogP contribution in [0.2, 0.25) is 0 Å². The van der Waals surface area contributed by atoms with E-state index in [1.165, 1.54) is 154 Å². The number of aromatic hydroxyl groups is 2. The van der Waals surface area contributed by atoms with E-state index in [9.17, 15) is 19.0 Å². The van der Waals surface area contributed by atoms with Crippen molar-refractivity contribution in [2.75, 3.05) is 66.5 Å². The summed E-state index contributed by atoms with van der Waals surface area (Å²) in [6.45, 7) is 10.2. The van der Waals surface area contributed by atoms with E-state index in [1.807, 2.05) is 14.1 Å². The molecule has 2 aliphatic heterocycles. The van der Waals surface area contributed by atoms with Crippen LogP contribution >= 0.6 is 0 Å². The minimum Gasteiger partial charge on any atom is -0.505 e. The third-order valence-corrected chi connectivity index (χ3v) is 11.5. The van der Waals surface area contributed by atoms with Crippen molar-refractivity contribution in [2.45, 2.75) is 141 Å². The molecule has 7 nitrogen and oxygen atoms in total. The number of phenols is 2. The van der Waals surface area contributed by atoms with Crippen molar-refractivity contribution in [3.05, 3.63) is 59.2 Å². The Hall–Kier alpha value is -2.30. The SMILES string of the molecule is CN(CCCCCCCCCN1CCC(OC2CCN(CCCCCCCCCN(C)Cc3cccc(O)c3F)CC2)CC1)Cc1cccc(O)c1F. The van der Waals surface area contributed by atoms with Gasteiger partial charge in [0.25, 0.3) is 0 Å². The van der Waals surface area contributed by atoms with Gasteiger partial charge in [-0.2, -0.15) is 0 Å². The van der Waals surface area contributed by atoms with Crippen molar-refractivity contribution in [1.29, 1.82) is 0 Å². The number of piperidine rings is 2. The second-order valence-electron chi connectivity index (χ2n) is 16.1. The van der Waals surface area contributed by atoms with E-state index < -0.39 is 11.6 Å². The predicted molar refractivity (Wildman–Crippen MR) is 213 cm³/mol. The average molecular weight is 743 g/mol. The fraction of sp³-hybridized carbons (Fsp3) is 0.727. The summed E-state index contributed by atoms with van der Waals surface area (Å²) in [7, 11) is 4.04. The van der Waals surface area contributed by atoms with Gasteiger partial charge in [-0.3, -0.25) is 0 Å². The maximum Gasteiger partial charge on any atom is 0.169 e. The number of benzene rings is 2. The number of hydrogen-bond acceptors (Lipinski definition) is 7. The largest absolute Gasteiger partial charge is 0.505 e. The lowest BCUT2D eigenvalue weighted by Crippen LogP contribution is -2.42. The molecule has 4 rings (SSSR count). The molecule has 2 fully saturated rings. The average Bonchev–Trinajstić information content (AvgIpc) is 3.15. The molecule has 2 N–H and O–H groups in total. The lowest BCUT2D eigenvalue weighted by Gasteiger charge is -2.37. The Kier molecular flexibility index (Phi) is 20.5. The first-order valence-corrected chi connectivity index (χ1v) is 21.2. The van der Waals surface area contributed by atoms with Crippen LogP contribution in [0.4, 0.5) is 8.78 Å². The van der Waals surface area contributed by atoms with Crippen molar-refractivity contribution in [3.8, 4) is 11.5 Å². The quantitative estimate of drug-likeness (QED) is 0.0932. The highest BCUT2D eigenvalue weighted by molar-refractivity contribution is 5.30. The van der Waals surface area contributed by atoms with Crippen LogP contribution < -0.4 is 0 Å². The minimum atomic E-state index is -0.493. The summed E-state index contributed by atoms with van der Waals surface area (Å²) in [5, 5.41) is 19.1. The van der Waals surface area contributed by atoms with E-state index in [4.69, 9.17) is 4.74 Å². The Labute approximate surface area is 320 Å². The third-order valence-electron chi connectivity index (χ3n) is 11.5. The first-order chi connectivity index (χ1) is 25.8. The van der Waals surface area contributed by atoms with E-state index in [1.54, 1.807) is 24.3 Å². The van der Waals surface area contributed by atoms with Gasteiger partial charge < -0.3 is 34.5 Å². The second-order valence-corrected chi connectivity index (χ2v) is 16.1. The molecule has 53 heavy (non-hydrogen) atoms. The summed E-state index contributed by atoms with van der Waals surface area (Å²) in [6.07, 6.45) is 23.3. The van der Waals surface area contributed by atoms with Gasteiger partial charge in [0, 0.05) is 50.4 Å². The van der Waals surface area contributed by atoms with E-state index in [0.717, 1.165) is 25.9 Å². The molecule has 300 valence electrons. The van der Waals surface area contributed by atoms with Crippen LogP contribution in [0.25, 0.3) is 0 Å². The van der Waals surface area contributed by atoms with Gasteiger partial charge in [-0.05, 0) is 104 Å². The zero-order valence-corrected chi connectivity index (χ0v) is 33.3. The van der Waals surface area contributed by atoms with Gasteiger partial charge in [-0.25, -0.2) is 8.78 Å². The molecule has 0 radical (unpaired) electrons. The van der Waals surface area contributed by atoms with Crippen LogP contribution in [0.5, 0.6) is 11.5 Å². The second kappa shape index (κ2) is 25.0. The fourth-order valence-corrected chi connectivity index (χ4v) is 8.13. The number of nitrogens with zero attached hydrogens (tertiary/aromatic N) is 4. The van der Waals surface area contributed by atoms with Crippen molar-refractivity contribution in [3.63, 3.8) is 0 Å². The molecule has 2 aromatic carbocycles. The summed E-state index contributed by atoms with van der Waals surface area (Å²) in [4.78, 5) is 9.58. The van der Waals surface area contributed by atoms with Crippen LogP contribution in [0.15, 0.2) is 36.4 Å². The highest BCUT2D eigenvalue weighted by Gasteiger charge is 2.25. The summed E-state index contributed by atoms with van der Waals surface area (Å²) >= 11 is 0. The third kappa shape index (κ3) is 16.9.